The zero-order chi connectivity index (χ0) is 7.98. The molecule has 5 heteroatoms. The zero-order valence-corrected chi connectivity index (χ0v) is 5.80. The molecular formula is C5H11N3O2. The summed E-state index contributed by atoms with van der Waals surface area (Å²) in [6, 6.07) is 0. The third kappa shape index (κ3) is 5.37. The largest absolute Gasteiger partial charge is 0.393 e. The fourth-order valence-corrected chi connectivity index (χ4v) is 0.599. The van der Waals surface area contributed by atoms with E-state index in [1.807, 2.05) is 0 Å². The van der Waals surface area contributed by atoms with Gasteiger partial charge in [0.1, 0.15) is 0 Å². The molecule has 0 saturated heterocycles. The summed E-state index contributed by atoms with van der Waals surface area (Å²) in [6.07, 6.45) is -1.03. The molecule has 2 N–H and O–H groups in total. The Labute approximate surface area is 58.9 Å². The smallest absolute Gasteiger partial charge is 0.0621 e. The average Bonchev–Trinajstić information content (AvgIpc) is 1.82. The predicted octanol–water partition coefficient (Wildman–Crippen LogP) is 0.428. The molecule has 58 valence electrons. The molecule has 0 spiro atoms. The van der Waals surface area contributed by atoms with Gasteiger partial charge in [0.25, 0.3) is 0 Å². The summed E-state index contributed by atoms with van der Waals surface area (Å²) >= 11 is 0. The Morgan fingerprint density at radius 3 is 2.60 bits per heavy atom. The van der Waals surface area contributed by atoms with Gasteiger partial charge in [-0.2, -0.15) is 0 Å². The van der Waals surface area contributed by atoms with E-state index in [2.05, 4.69) is 10.0 Å². The number of azide groups is 1. The Balaban J connectivity index is 3.42. The molecule has 0 aromatic heterocycles. The molecule has 0 aromatic rings. The van der Waals surface area contributed by atoms with Crippen molar-refractivity contribution in [2.45, 2.75) is 25.6 Å². The molecule has 0 aliphatic rings. The van der Waals surface area contributed by atoms with Gasteiger partial charge in [-0.15, -0.1) is 0 Å². The van der Waals surface area contributed by atoms with E-state index in [0.717, 1.165) is 0 Å². The van der Waals surface area contributed by atoms with E-state index in [-0.39, 0.29) is 13.0 Å². The Morgan fingerprint density at radius 2 is 2.20 bits per heavy atom. The molecule has 2 unspecified atom stereocenters. The first-order chi connectivity index (χ1) is 4.66. The monoisotopic (exact) mass is 145 g/mol. The second kappa shape index (κ2) is 5.05. The summed E-state index contributed by atoms with van der Waals surface area (Å²) < 4.78 is 0. The quantitative estimate of drug-likeness (QED) is 0.341. The number of aliphatic hydroxyl groups is 2. The highest BCUT2D eigenvalue weighted by Gasteiger charge is 2.05. The van der Waals surface area contributed by atoms with E-state index < -0.39 is 12.2 Å². The predicted molar refractivity (Wildman–Crippen MR) is 36.3 cm³/mol. The second-order valence-electron chi connectivity index (χ2n) is 2.15. The molecule has 5 nitrogen and oxygen atoms in total. The van der Waals surface area contributed by atoms with Crippen LogP contribution < -0.4 is 0 Å². The molecule has 0 radical (unpaired) electrons. The third-order valence-corrected chi connectivity index (χ3v) is 0.969. The molecule has 2 atom stereocenters. The zero-order valence-electron chi connectivity index (χ0n) is 5.80. The topological polar surface area (TPSA) is 89.2 Å². The highest BCUT2D eigenvalue weighted by atomic mass is 16.3. The fourth-order valence-electron chi connectivity index (χ4n) is 0.599. The minimum Gasteiger partial charge on any atom is -0.393 e. The minimum atomic E-state index is -0.726. The van der Waals surface area contributed by atoms with Gasteiger partial charge in [-0.05, 0) is 18.9 Å². The first kappa shape index (κ1) is 9.23. The molecule has 0 heterocycles. The van der Waals surface area contributed by atoms with Gasteiger partial charge in [0.2, 0.25) is 0 Å². The van der Waals surface area contributed by atoms with Gasteiger partial charge in [0, 0.05) is 4.91 Å². The summed E-state index contributed by atoms with van der Waals surface area (Å²) in [5.41, 5.74) is 7.83. The van der Waals surface area contributed by atoms with Crippen LogP contribution in [0.2, 0.25) is 0 Å². The lowest BCUT2D eigenvalue weighted by Crippen LogP contribution is -2.17. The molecule has 0 amide bonds. The Kier molecular flexibility index (Phi) is 4.66. The molecule has 0 rings (SSSR count). The van der Waals surface area contributed by atoms with Gasteiger partial charge in [-0.1, -0.05) is 5.11 Å². The van der Waals surface area contributed by atoms with Gasteiger partial charge < -0.3 is 10.2 Å². The van der Waals surface area contributed by atoms with Crippen LogP contribution in [0.25, 0.3) is 10.4 Å². The Bertz CT molecular complexity index is 131. The van der Waals surface area contributed by atoms with Crippen molar-refractivity contribution in [2.75, 3.05) is 6.54 Å². The van der Waals surface area contributed by atoms with Crippen LogP contribution in [0.1, 0.15) is 13.3 Å². The molecule has 10 heavy (non-hydrogen) atoms. The molecule has 0 aliphatic heterocycles. The normalized spacial score (nSPS) is 15.5. The van der Waals surface area contributed by atoms with Crippen molar-refractivity contribution < 1.29 is 10.2 Å². The standard InChI is InChI=1S/C5H11N3O2/c1-4(9)2-5(10)3-7-8-6/h4-5,9-10H,2-3H2,1H3. The molecular weight excluding hydrogens is 134 g/mol. The van der Waals surface area contributed by atoms with E-state index in [0.29, 0.717) is 0 Å². The maximum Gasteiger partial charge on any atom is 0.0621 e. The van der Waals surface area contributed by atoms with Crippen molar-refractivity contribution in [3.63, 3.8) is 0 Å². The van der Waals surface area contributed by atoms with Crippen LogP contribution >= 0.6 is 0 Å². The first-order valence-corrected chi connectivity index (χ1v) is 3.03. The lowest BCUT2D eigenvalue weighted by molar-refractivity contribution is 0.0956. The summed E-state index contributed by atoms with van der Waals surface area (Å²) in [6.45, 7) is 1.60. The van der Waals surface area contributed by atoms with Crippen molar-refractivity contribution >= 4 is 0 Å². The minimum absolute atomic E-state index is 0.0292. The number of rotatable bonds is 4. The van der Waals surface area contributed by atoms with Crippen LogP contribution in [0.4, 0.5) is 0 Å². The molecule has 0 bridgehead atoms. The summed E-state index contributed by atoms with van der Waals surface area (Å²) in [5.74, 6) is 0. The Hall–Kier alpha value is -0.770. The van der Waals surface area contributed by atoms with Gasteiger partial charge in [-0.3, -0.25) is 0 Å². The van der Waals surface area contributed by atoms with Gasteiger partial charge in [-0.25, -0.2) is 0 Å². The lowest BCUT2D eigenvalue weighted by atomic mass is 10.2. The maximum absolute atomic E-state index is 8.93. The highest BCUT2D eigenvalue weighted by molar-refractivity contribution is 4.62. The van der Waals surface area contributed by atoms with Gasteiger partial charge in [0.15, 0.2) is 0 Å². The van der Waals surface area contributed by atoms with E-state index in [9.17, 15) is 0 Å². The SMILES string of the molecule is CC(O)CC(O)CN=[N+]=[N-]. The van der Waals surface area contributed by atoms with E-state index in [1.54, 1.807) is 6.92 Å². The molecule has 0 fully saturated rings. The lowest BCUT2D eigenvalue weighted by Gasteiger charge is -2.07. The molecule has 0 aliphatic carbocycles. The second-order valence-corrected chi connectivity index (χ2v) is 2.15. The maximum atomic E-state index is 8.93. The van der Waals surface area contributed by atoms with Crippen molar-refractivity contribution in [3.05, 3.63) is 10.4 Å². The van der Waals surface area contributed by atoms with Crippen LogP contribution in [0, 0.1) is 0 Å². The van der Waals surface area contributed by atoms with E-state index >= 15 is 0 Å². The van der Waals surface area contributed by atoms with Crippen molar-refractivity contribution in [1.82, 2.24) is 0 Å². The van der Waals surface area contributed by atoms with Crippen molar-refractivity contribution in [1.29, 1.82) is 0 Å². The van der Waals surface area contributed by atoms with Crippen LogP contribution in [0.15, 0.2) is 5.11 Å². The average molecular weight is 145 g/mol. The summed E-state index contributed by atoms with van der Waals surface area (Å²) in [7, 11) is 0. The molecule has 0 saturated carbocycles. The number of hydrogen-bond donors (Lipinski definition) is 2. The van der Waals surface area contributed by atoms with Crippen LogP contribution in [-0.2, 0) is 0 Å². The van der Waals surface area contributed by atoms with Crippen molar-refractivity contribution in [2.24, 2.45) is 5.11 Å². The van der Waals surface area contributed by atoms with Crippen molar-refractivity contribution in [3.8, 4) is 0 Å². The first-order valence-electron chi connectivity index (χ1n) is 3.03. The van der Waals surface area contributed by atoms with Crippen LogP contribution in [-0.4, -0.2) is 29.0 Å². The number of aliphatic hydroxyl groups excluding tert-OH is 2. The molecule has 0 aromatic carbocycles. The highest BCUT2D eigenvalue weighted by Crippen LogP contribution is 1.97. The summed E-state index contributed by atoms with van der Waals surface area (Å²) in [5, 5.41) is 20.8. The fraction of sp³-hybridized carbons (Fsp3) is 1.00. The van der Waals surface area contributed by atoms with Gasteiger partial charge >= 0.3 is 0 Å². The van der Waals surface area contributed by atoms with E-state index in [4.69, 9.17) is 15.7 Å². The van der Waals surface area contributed by atoms with Crippen LogP contribution in [0.5, 0.6) is 0 Å². The van der Waals surface area contributed by atoms with E-state index in [1.165, 1.54) is 0 Å². The number of nitrogens with zero attached hydrogens (tertiary/aromatic N) is 3. The van der Waals surface area contributed by atoms with Crippen LogP contribution in [0.3, 0.4) is 0 Å². The third-order valence-electron chi connectivity index (χ3n) is 0.969. The summed E-state index contributed by atoms with van der Waals surface area (Å²) in [4.78, 5) is 2.47. The number of hydrogen-bond acceptors (Lipinski definition) is 3. The van der Waals surface area contributed by atoms with Gasteiger partial charge in [0.05, 0.1) is 18.8 Å². The Morgan fingerprint density at radius 1 is 1.60 bits per heavy atom.